The highest BCUT2D eigenvalue weighted by atomic mass is 35.5. The molecule has 5 nitrogen and oxygen atoms in total. The maximum Gasteiger partial charge on any atom is 0.154 e. The molecule has 2 aromatic heterocycles. The number of ether oxygens (including phenoxy) is 1. The first-order valence-electron chi connectivity index (χ1n) is 8.96. The molecule has 7 heteroatoms. The van der Waals surface area contributed by atoms with Crippen LogP contribution in [0.1, 0.15) is 30.0 Å². The number of nitriles is 1. The smallest absolute Gasteiger partial charge is 0.154 e. The Morgan fingerprint density at radius 3 is 2.79 bits per heavy atom. The summed E-state index contributed by atoms with van der Waals surface area (Å²) in [7, 11) is 0. The van der Waals surface area contributed by atoms with Gasteiger partial charge in [-0.1, -0.05) is 23.2 Å². The van der Waals surface area contributed by atoms with Gasteiger partial charge in [0.25, 0.3) is 0 Å². The number of fused-ring (bicyclic) bond motifs is 1. The molecular weight excluding hydrogens is 407 g/mol. The molecule has 2 aromatic carbocycles. The van der Waals surface area contributed by atoms with Gasteiger partial charge >= 0.3 is 0 Å². The number of halogens is 2. The maximum absolute atomic E-state index is 9.32. The second kappa shape index (κ2) is 8.12. The quantitative estimate of drug-likeness (QED) is 0.407. The van der Waals surface area contributed by atoms with Crippen LogP contribution < -0.4 is 4.74 Å². The number of nitrogens with zero attached hydrogens (tertiary/aromatic N) is 4. The van der Waals surface area contributed by atoms with Crippen LogP contribution >= 0.6 is 23.2 Å². The van der Waals surface area contributed by atoms with Gasteiger partial charge in [0, 0.05) is 16.2 Å². The predicted octanol–water partition coefficient (Wildman–Crippen LogP) is 5.80. The van der Waals surface area contributed by atoms with Gasteiger partial charge in [0.1, 0.15) is 5.75 Å². The van der Waals surface area contributed by atoms with Gasteiger partial charge < -0.3 is 9.30 Å². The molecule has 0 bridgehead atoms. The lowest BCUT2D eigenvalue weighted by atomic mass is 10.2. The van der Waals surface area contributed by atoms with Crippen LogP contribution in [0.4, 0.5) is 0 Å². The number of benzene rings is 2. The average molecular weight is 423 g/mol. The van der Waals surface area contributed by atoms with E-state index >= 15 is 0 Å². The zero-order valence-corrected chi connectivity index (χ0v) is 17.0. The molecule has 0 aliphatic heterocycles. The van der Waals surface area contributed by atoms with Crippen molar-refractivity contribution in [2.24, 2.45) is 0 Å². The molecule has 4 rings (SSSR count). The van der Waals surface area contributed by atoms with E-state index in [0.29, 0.717) is 27.9 Å². The highest BCUT2D eigenvalue weighted by Gasteiger charge is 2.20. The van der Waals surface area contributed by atoms with E-state index in [1.54, 1.807) is 30.6 Å². The number of pyridine rings is 1. The number of aromatic nitrogens is 3. The van der Waals surface area contributed by atoms with Gasteiger partial charge in [0.2, 0.25) is 0 Å². The van der Waals surface area contributed by atoms with Gasteiger partial charge in [-0.25, -0.2) is 4.98 Å². The van der Waals surface area contributed by atoms with Crippen LogP contribution in [-0.4, -0.2) is 14.5 Å². The Kier molecular flexibility index (Phi) is 5.39. The molecule has 2 heterocycles. The van der Waals surface area contributed by atoms with Gasteiger partial charge in [-0.05, 0) is 61.0 Å². The second-order valence-electron chi connectivity index (χ2n) is 6.56. The fraction of sp³-hybridized carbons (Fsp3) is 0.136. The van der Waals surface area contributed by atoms with Gasteiger partial charge in [-0.3, -0.25) is 4.98 Å². The van der Waals surface area contributed by atoms with E-state index in [1.165, 1.54) is 0 Å². The van der Waals surface area contributed by atoms with Crippen molar-refractivity contribution >= 4 is 34.2 Å². The van der Waals surface area contributed by atoms with Crippen molar-refractivity contribution in [2.75, 3.05) is 0 Å². The third-order valence-electron chi connectivity index (χ3n) is 4.55. The van der Waals surface area contributed by atoms with Crippen LogP contribution in [0.25, 0.3) is 11.0 Å². The van der Waals surface area contributed by atoms with Crippen LogP contribution in [0.5, 0.6) is 5.75 Å². The lowest BCUT2D eigenvalue weighted by Gasteiger charge is -2.17. The summed E-state index contributed by atoms with van der Waals surface area (Å²) in [6.45, 7) is 2.37. The fourth-order valence-corrected chi connectivity index (χ4v) is 3.57. The molecular formula is C22H16Cl2N4O. The van der Waals surface area contributed by atoms with Crippen molar-refractivity contribution in [1.82, 2.24) is 14.5 Å². The molecule has 144 valence electrons. The highest BCUT2D eigenvalue weighted by Crippen LogP contribution is 2.29. The topological polar surface area (TPSA) is 63.7 Å². The Morgan fingerprint density at radius 2 is 2.03 bits per heavy atom. The molecule has 0 saturated carbocycles. The second-order valence-corrected chi connectivity index (χ2v) is 7.40. The van der Waals surface area contributed by atoms with Crippen molar-refractivity contribution in [3.8, 4) is 11.8 Å². The molecule has 29 heavy (non-hydrogen) atoms. The summed E-state index contributed by atoms with van der Waals surface area (Å²) >= 11 is 12.6. The van der Waals surface area contributed by atoms with E-state index in [-0.39, 0.29) is 6.10 Å². The molecule has 0 fully saturated rings. The number of hydrogen-bond donors (Lipinski definition) is 0. The van der Waals surface area contributed by atoms with Gasteiger partial charge in [-0.15, -0.1) is 0 Å². The van der Waals surface area contributed by atoms with E-state index < -0.39 is 0 Å². The first kappa shape index (κ1) is 19.3. The zero-order chi connectivity index (χ0) is 20.4. The average Bonchev–Trinajstić information content (AvgIpc) is 3.09. The van der Waals surface area contributed by atoms with Gasteiger partial charge in [0.05, 0.1) is 35.4 Å². The SMILES string of the molecule is CC(Oc1cccnc1)c1nc2ccc(C#N)cc2n1Cc1cc(Cl)ccc1Cl. The van der Waals surface area contributed by atoms with Gasteiger partial charge in [0.15, 0.2) is 11.9 Å². The van der Waals surface area contributed by atoms with E-state index in [9.17, 15) is 5.26 Å². The molecule has 0 N–H and O–H groups in total. The lowest BCUT2D eigenvalue weighted by Crippen LogP contribution is -2.13. The number of hydrogen-bond acceptors (Lipinski definition) is 4. The van der Waals surface area contributed by atoms with Crippen molar-refractivity contribution in [3.05, 3.63) is 87.9 Å². The van der Waals surface area contributed by atoms with Gasteiger partial charge in [-0.2, -0.15) is 5.26 Å². The molecule has 0 saturated heterocycles. The normalized spacial score (nSPS) is 11.9. The fourth-order valence-electron chi connectivity index (χ4n) is 3.20. The summed E-state index contributed by atoms with van der Waals surface area (Å²) in [6.07, 6.45) is 3.00. The predicted molar refractivity (Wildman–Crippen MR) is 113 cm³/mol. The Labute approximate surface area is 178 Å². The van der Waals surface area contributed by atoms with Crippen molar-refractivity contribution in [1.29, 1.82) is 5.26 Å². The zero-order valence-electron chi connectivity index (χ0n) is 15.5. The third-order valence-corrected chi connectivity index (χ3v) is 5.16. The molecule has 1 unspecified atom stereocenters. The summed E-state index contributed by atoms with van der Waals surface area (Å²) in [5.74, 6) is 1.37. The minimum atomic E-state index is -0.352. The van der Waals surface area contributed by atoms with E-state index in [4.69, 9.17) is 32.9 Å². The molecule has 0 aliphatic carbocycles. The van der Waals surface area contributed by atoms with E-state index in [0.717, 1.165) is 22.4 Å². The Bertz CT molecular complexity index is 1210. The standard InChI is InChI=1S/C22H16Cl2N4O/c1-14(29-18-3-2-8-26-12-18)22-27-20-7-4-15(11-25)9-21(20)28(22)13-16-10-17(23)5-6-19(16)24/h2-10,12,14H,13H2,1H3. The van der Waals surface area contributed by atoms with Crippen LogP contribution in [0.15, 0.2) is 60.9 Å². The molecule has 4 aromatic rings. The maximum atomic E-state index is 9.32. The number of imidazole rings is 1. The van der Waals surface area contributed by atoms with Crippen molar-refractivity contribution < 1.29 is 4.74 Å². The molecule has 1 atom stereocenters. The van der Waals surface area contributed by atoms with Crippen LogP contribution in [-0.2, 0) is 6.54 Å². The molecule has 0 amide bonds. The molecule has 0 radical (unpaired) electrons. The Hall–Kier alpha value is -3.07. The summed E-state index contributed by atoms with van der Waals surface area (Å²) in [6, 6.07) is 16.6. The monoisotopic (exact) mass is 422 g/mol. The van der Waals surface area contributed by atoms with E-state index in [1.807, 2.05) is 41.8 Å². The summed E-state index contributed by atoms with van der Waals surface area (Å²) in [4.78, 5) is 8.85. The van der Waals surface area contributed by atoms with Crippen LogP contribution in [0.3, 0.4) is 0 Å². The molecule has 0 aliphatic rings. The number of rotatable bonds is 5. The first-order valence-corrected chi connectivity index (χ1v) is 9.71. The largest absolute Gasteiger partial charge is 0.481 e. The van der Waals surface area contributed by atoms with Crippen LogP contribution in [0, 0.1) is 11.3 Å². The first-order chi connectivity index (χ1) is 14.0. The third kappa shape index (κ3) is 4.04. The van der Waals surface area contributed by atoms with Crippen molar-refractivity contribution in [2.45, 2.75) is 19.6 Å². The summed E-state index contributed by atoms with van der Waals surface area (Å²) in [5, 5.41) is 10.5. The minimum absolute atomic E-state index is 0.352. The minimum Gasteiger partial charge on any atom is -0.481 e. The lowest BCUT2D eigenvalue weighted by molar-refractivity contribution is 0.211. The van der Waals surface area contributed by atoms with E-state index in [2.05, 4.69) is 11.1 Å². The summed E-state index contributed by atoms with van der Waals surface area (Å²) < 4.78 is 8.06. The van der Waals surface area contributed by atoms with Crippen molar-refractivity contribution in [3.63, 3.8) is 0 Å². The Morgan fingerprint density at radius 1 is 1.17 bits per heavy atom. The molecule has 0 spiro atoms. The highest BCUT2D eigenvalue weighted by molar-refractivity contribution is 6.33. The Balaban J connectivity index is 1.81. The van der Waals surface area contributed by atoms with Crippen LogP contribution in [0.2, 0.25) is 10.0 Å². The summed E-state index contributed by atoms with van der Waals surface area (Å²) in [5.41, 5.74) is 3.02.